The maximum atomic E-state index is 13.4. The smallest absolute Gasteiger partial charge is 0.237 e. The van der Waals surface area contributed by atoms with E-state index in [1.807, 2.05) is 36.6 Å². The van der Waals surface area contributed by atoms with E-state index in [9.17, 15) is 9.18 Å². The summed E-state index contributed by atoms with van der Waals surface area (Å²) in [7, 11) is 0. The zero-order valence-electron chi connectivity index (χ0n) is 18.5. The third-order valence-electron chi connectivity index (χ3n) is 5.66. The van der Waals surface area contributed by atoms with Gasteiger partial charge in [0.15, 0.2) is 0 Å². The highest BCUT2D eigenvalue weighted by Crippen LogP contribution is 2.39. The van der Waals surface area contributed by atoms with Gasteiger partial charge in [0.05, 0.1) is 23.8 Å². The maximum absolute atomic E-state index is 13.4. The highest BCUT2D eigenvalue weighted by atomic mass is 32.2. The molecule has 1 atom stereocenters. The summed E-state index contributed by atoms with van der Waals surface area (Å²) in [6, 6.07) is 14.3. The van der Waals surface area contributed by atoms with Crippen LogP contribution in [-0.4, -0.2) is 47.4 Å². The summed E-state index contributed by atoms with van der Waals surface area (Å²) in [6.45, 7) is 5.07. The number of benzene rings is 2. The number of aromatic nitrogens is 2. The average molecular weight is 495 g/mol. The van der Waals surface area contributed by atoms with Gasteiger partial charge in [-0.25, -0.2) is 14.4 Å². The second-order valence-electron chi connectivity index (χ2n) is 7.91. The van der Waals surface area contributed by atoms with Gasteiger partial charge < -0.3 is 15.0 Å². The van der Waals surface area contributed by atoms with E-state index in [4.69, 9.17) is 4.74 Å². The van der Waals surface area contributed by atoms with Crippen molar-refractivity contribution in [2.75, 3.05) is 36.5 Å². The number of nitrogens with zero attached hydrogens (tertiary/aromatic N) is 3. The summed E-state index contributed by atoms with van der Waals surface area (Å²) in [4.78, 5) is 24.9. The van der Waals surface area contributed by atoms with Crippen molar-refractivity contribution < 1.29 is 13.9 Å². The van der Waals surface area contributed by atoms with Crippen LogP contribution < -0.4 is 10.2 Å². The monoisotopic (exact) mass is 494 g/mol. The molecule has 1 N–H and O–H groups in total. The molecule has 2 aromatic heterocycles. The third kappa shape index (κ3) is 4.91. The van der Waals surface area contributed by atoms with Crippen molar-refractivity contribution in [2.24, 2.45) is 0 Å². The fourth-order valence-electron chi connectivity index (χ4n) is 3.82. The van der Waals surface area contributed by atoms with Gasteiger partial charge in [0, 0.05) is 35.4 Å². The Bertz CT molecular complexity index is 1290. The molecule has 5 rings (SSSR count). The number of hydrogen-bond acceptors (Lipinski definition) is 7. The van der Waals surface area contributed by atoms with Gasteiger partial charge in [0.1, 0.15) is 22.0 Å². The van der Waals surface area contributed by atoms with Crippen LogP contribution in [-0.2, 0) is 9.53 Å². The molecular formula is C25H23FN4O2S2. The number of carbonyl (C=O) groups is 1. The maximum Gasteiger partial charge on any atom is 0.237 e. The number of amides is 1. The number of halogens is 1. The van der Waals surface area contributed by atoms with E-state index in [1.165, 1.54) is 41.6 Å². The molecule has 1 aliphatic rings. The average Bonchev–Trinajstić information content (AvgIpc) is 3.31. The van der Waals surface area contributed by atoms with Gasteiger partial charge in [-0.1, -0.05) is 23.9 Å². The first-order valence-electron chi connectivity index (χ1n) is 11.0. The molecule has 4 aromatic rings. The van der Waals surface area contributed by atoms with Crippen molar-refractivity contribution in [3.63, 3.8) is 0 Å². The van der Waals surface area contributed by atoms with Gasteiger partial charge in [-0.05, 0) is 48.9 Å². The molecule has 0 bridgehead atoms. The molecule has 1 saturated heterocycles. The number of thioether (sulfide) groups is 1. The lowest BCUT2D eigenvalue weighted by atomic mass is 10.1. The molecule has 0 saturated carbocycles. The topological polar surface area (TPSA) is 67.4 Å². The van der Waals surface area contributed by atoms with Gasteiger partial charge in [0.2, 0.25) is 5.91 Å². The van der Waals surface area contributed by atoms with Crippen LogP contribution >= 0.6 is 23.1 Å². The summed E-state index contributed by atoms with van der Waals surface area (Å²) >= 11 is 2.90. The minimum absolute atomic E-state index is 0.102. The van der Waals surface area contributed by atoms with E-state index < -0.39 is 0 Å². The molecule has 2 aromatic carbocycles. The zero-order chi connectivity index (χ0) is 23.5. The van der Waals surface area contributed by atoms with Crippen LogP contribution in [0.25, 0.3) is 21.3 Å². The van der Waals surface area contributed by atoms with Crippen LogP contribution in [0, 0.1) is 5.82 Å². The summed E-state index contributed by atoms with van der Waals surface area (Å²) in [5.74, 6) is -0.383. The van der Waals surface area contributed by atoms with E-state index in [0.29, 0.717) is 0 Å². The molecule has 9 heteroatoms. The molecule has 1 amide bonds. The highest BCUT2D eigenvalue weighted by Gasteiger charge is 2.20. The Balaban J connectivity index is 1.30. The number of carbonyl (C=O) groups excluding carboxylic acids is 1. The minimum Gasteiger partial charge on any atom is -0.378 e. The molecule has 174 valence electrons. The van der Waals surface area contributed by atoms with Gasteiger partial charge in [-0.2, -0.15) is 0 Å². The molecule has 34 heavy (non-hydrogen) atoms. The number of thiophene rings is 1. The number of hydrogen-bond donors (Lipinski definition) is 1. The van der Waals surface area contributed by atoms with Crippen molar-refractivity contribution in [3.8, 4) is 11.1 Å². The zero-order valence-corrected chi connectivity index (χ0v) is 20.2. The number of ether oxygens (including phenoxy) is 1. The molecule has 1 aliphatic heterocycles. The predicted octanol–water partition coefficient (Wildman–Crippen LogP) is 5.45. The molecular weight excluding hydrogens is 471 g/mol. The largest absolute Gasteiger partial charge is 0.378 e. The SMILES string of the molecule is CC(Sc1ncnc2scc(-c3ccc(F)cc3)c12)C(=O)Nc1ccc(N2CCOCC2)cc1. The fourth-order valence-corrected chi connectivity index (χ4v) is 5.73. The summed E-state index contributed by atoms with van der Waals surface area (Å²) < 4.78 is 18.8. The van der Waals surface area contributed by atoms with E-state index >= 15 is 0 Å². The van der Waals surface area contributed by atoms with Crippen LogP contribution in [0.3, 0.4) is 0 Å². The van der Waals surface area contributed by atoms with Gasteiger partial charge in [0.25, 0.3) is 0 Å². The summed E-state index contributed by atoms with van der Waals surface area (Å²) in [6.07, 6.45) is 1.52. The van der Waals surface area contributed by atoms with Crippen molar-refractivity contribution in [2.45, 2.75) is 17.2 Å². The Morgan fingerprint density at radius 1 is 1.12 bits per heavy atom. The van der Waals surface area contributed by atoms with Crippen LogP contribution in [0.2, 0.25) is 0 Å². The lowest BCUT2D eigenvalue weighted by molar-refractivity contribution is -0.115. The standard InChI is InChI=1S/C25H23FN4O2S2/c1-16(23(31)29-19-6-8-20(9-7-19)30-10-12-32-13-11-30)34-25-22-21(14-33-24(22)27-15-28-25)17-2-4-18(26)5-3-17/h2-9,14-16H,10-13H2,1H3,(H,29,31). The van der Waals surface area contributed by atoms with Crippen molar-refractivity contribution in [1.29, 1.82) is 0 Å². The molecule has 0 aliphatic carbocycles. The number of rotatable bonds is 6. The van der Waals surface area contributed by atoms with Crippen LogP contribution in [0.5, 0.6) is 0 Å². The second kappa shape index (κ2) is 10.1. The number of fused-ring (bicyclic) bond motifs is 1. The normalized spacial score (nSPS) is 14.8. The first-order chi connectivity index (χ1) is 16.6. The Hall–Kier alpha value is -3.01. The lowest BCUT2D eigenvalue weighted by Gasteiger charge is -2.28. The molecule has 0 radical (unpaired) electrons. The van der Waals surface area contributed by atoms with Gasteiger partial charge >= 0.3 is 0 Å². The predicted molar refractivity (Wildman–Crippen MR) is 136 cm³/mol. The third-order valence-corrected chi connectivity index (χ3v) is 7.65. The van der Waals surface area contributed by atoms with E-state index in [-0.39, 0.29) is 17.0 Å². The van der Waals surface area contributed by atoms with Crippen molar-refractivity contribution >= 4 is 50.6 Å². The Morgan fingerprint density at radius 2 is 1.85 bits per heavy atom. The summed E-state index contributed by atoms with van der Waals surface area (Å²) in [5.41, 5.74) is 3.71. The van der Waals surface area contributed by atoms with Gasteiger partial charge in [-0.3, -0.25) is 4.79 Å². The molecule has 1 unspecified atom stereocenters. The van der Waals surface area contributed by atoms with Gasteiger partial charge in [-0.15, -0.1) is 11.3 Å². The fraction of sp³-hybridized carbons (Fsp3) is 0.240. The van der Waals surface area contributed by atoms with Crippen LogP contribution in [0.15, 0.2) is 65.3 Å². The lowest BCUT2D eigenvalue weighted by Crippen LogP contribution is -2.36. The first-order valence-corrected chi connectivity index (χ1v) is 12.7. The van der Waals surface area contributed by atoms with Crippen LogP contribution in [0.4, 0.5) is 15.8 Å². The molecule has 1 fully saturated rings. The molecule has 6 nitrogen and oxygen atoms in total. The second-order valence-corrected chi connectivity index (χ2v) is 10.1. The number of anilines is 2. The number of nitrogens with one attached hydrogen (secondary N) is 1. The van der Waals surface area contributed by atoms with Crippen LogP contribution in [0.1, 0.15) is 6.92 Å². The highest BCUT2D eigenvalue weighted by molar-refractivity contribution is 8.00. The van der Waals surface area contributed by atoms with E-state index in [0.717, 1.165) is 64.0 Å². The molecule has 0 spiro atoms. The Kier molecular flexibility index (Phi) is 6.75. The minimum atomic E-state index is -0.377. The Morgan fingerprint density at radius 3 is 2.59 bits per heavy atom. The first kappa shape index (κ1) is 22.8. The number of morpholine rings is 1. The summed E-state index contributed by atoms with van der Waals surface area (Å²) in [5, 5.41) is 6.24. The molecule has 3 heterocycles. The van der Waals surface area contributed by atoms with E-state index in [1.54, 1.807) is 12.1 Å². The van der Waals surface area contributed by atoms with Crippen molar-refractivity contribution in [3.05, 3.63) is 66.1 Å². The van der Waals surface area contributed by atoms with Crippen molar-refractivity contribution in [1.82, 2.24) is 9.97 Å². The Labute approximate surface area is 205 Å². The quantitative estimate of drug-likeness (QED) is 0.284. The van der Waals surface area contributed by atoms with E-state index in [2.05, 4.69) is 20.2 Å².